The van der Waals surface area contributed by atoms with Crippen LogP contribution in [0.3, 0.4) is 0 Å². The summed E-state index contributed by atoms with van der Waals surface area (Å²) in [7, 11) is 2.14. The Bertz CT molecular complexity index is 553. The average molecular weight is 348 g/mol. The maximum Gasteiger partial charge on any atom is 0.194 e. The number of hydrogen-bond acceptors (Lipinski definition) is 4. The molecule has 1 heterocycles. The molecule has 6 heteroatoms. The van der Waals surface area contributed by atoms with Crippen molar-refractivity contribution in [3.05, 3.63) is 24.3 Å². The van der Waals surface area contributed by atoms with Gasteiger partial charge in [-0.2, -0.15) is 0 Å². The Kier molecular flexibility index (Phi) is 7.37. The van der Waals surface area contributed by atoms with Gasteiger partial charge in [0.15, 0.2) is 5.96 Å². The summed E-state index contributed by atoms with van der Waals surface area (Å²) in [6, 6.07) is 8.10. The molecule has 140 valence electrons. The van der Waals surface area contributed by atoms with Crippen LogP contribution < -0.4 is 10.2 Å². The molecule has 1 aromatic carbocycles. The zero-order chi connectivity index (χ0) is 18.2. The highest BCUT2D eigenvalue weighted by Crippen LogP contribution is 2.27. The van der Waals surface area contributed by atoms with E-state index in [-0.39, 0.29) is 0 Å². The second-order valence-electron chi connectivity index (χ2n) is 6.77. The molecular formula is C19H33N5O. The van der Waals surface area contributed by atoms with E-state index >= 15 is 0 Å². The van der Waals surface area contributed by atoms with Crippen LogP contribution in [-0.4, -0.2) is 79.8 Å². The van der Waals surface area contributed by atoms with E-state index < -0.39 is 0 Å². The molecule has 0 amide bonds. The first-order valence-electron chi connectivity index (χ1n) is 9.29. The number of aromatic hydroxyl groups is 1. The van der Waals surface area contributed by atoms with Crippen LogP contribution in [0.15, 0.2) is 29.3 Å². The standard InChI is InChI=1S/C19H33N5O/c1-5-20-19(21-10-11-22(4)16(2)3)24-14-12-23(13-15-24)17-8-6-7-9-18(17)25/h6-9,16,25H,5,10-15H2,1-4H3,(H,20,21). The fraction of sp³-hybridized carbons (Fsp3) is 0.632. The summed E-state index contributed by atoms with van der Waals surface area (Å²) in [5.41, 5.74) is 0.919. The molecule has 0 spiro atoms. The topological polar surface area (TPSA) is 54.3 Å². The molecule has 0 atom stereocenters. The fourth-order valence-electron chi connectivity index (χ4n) is 2.89. The minimum absolute atomic E-state index is 0.355. The van der Waals surface area contributed by atoms with Gasteiger partial charge in [-0.25, -0.2) is 0 Å². The molecule has 0 saturated carbocycles. The molecule has 0 radical (unpaired) electrons. The molecule has 1 fully saturated rings. The lowest BCUT2D eigenvalue weighted by Crippen LogP contribution is -2.52. The van der Waals surface area contributed by atoms with E-state index in [1.807, 2.05) is 18.2 Å². The number of anilines is 1. The number of piperazine rings is 1. The molecule has 0 aliphatic carbocycles. The van der Waals surface area contributed by atoms with Gasteiger partial charge in [0, 0.05) is 45.3 Å². The molecule has 0 bridgehead atoms. The largest absolute Gasteiger partial charge is 0.506 e. The van der Waals surface area contributed by atoms with E-state index in [0.717, 1.165) is 57.5 Å². The highest BCUT2D eigenvalue weighted by atomic mass is 16.3. The first-order valence-corrected chi connectivity index (χ1v) is 9.29. The van der Waals surface area contributed by atoms with Gasteiger partial charge in [-0.1, -0.05) is 12.1 Å². The maximum absolute atomic E-state index is 10.0. The van der Waals surface area contributed by atoms with Crippen LogP contribution in [0.5, 0.6) is 5.75 Å². The molecule has 1 aliphatic heterocycles. The van der Waals surface area contributed by atoms with E-state index in [4.69, 9.17) is 4.99 Å². The maximum atomic E-state index is 10.0. The van der Waals surface area contributed by atoms with E-state index in [1.165, 1.54) is 0 Å². The molecule has 2 N–H and O–H groups in total. The summed E-state index contributed by atoms with van der Waals surface area (Å²) < 4.78 is 0. The van der Waals surface area contributed by atoms with Crippen molar-refractivity contribution < 1.29 is 5.11 Å². The van der Waals surface area contributed by atoms with Crippen molar-refractivity contribution >= 4 is 11.6 Å². The van der Waals surface area contributed by atoms with Crippen molar-refractivity contribution in [2.75, 3.05) is 57.8 Å². The van der Waals surface area contributed by atoms with E-state index in [2.05, 4.69) is 47.8 Å². The number of hydrogen-bond donors (Lipinski definition) is 2. The lowest BCUT2D eigenvalue weighted by atomic mass is 10.2. The first kappa shape index (κ1) is 19.4. The minimum Gasteiger partial charge on any atom is -0.506 e. The Labute approximate surface area is 152 Å². The monoisotopic (exact) mass is 347 g/mol. The molecule has 1 aromatic rings. The van der Waals surface area contributed by atoms with Crippen LogP contribution in [0, 0.1) is 0 Å². The first-order chi connectivity index (χ1) is 12.0. The lowest BCUT2D eigenvalue weighted by Gasteiger charge is -2.38. The Morgan fingerprint density at radius 3 is 2.52 bits per heavy atom. The number of para-hydroxylation sites is 2. The van der Waals surface area contributed by atoms with Gasteiger partial charge < -0.3 is 25.1 Å². The predicted octanol–water partition coefficient (Wildman–Crippen LogP) is 1.82. The van der Waals surface area contributed by atoms with Crippen LogP contribution in [0.4, 0.5) is 5.69 Å². The van der Waals surface area contributed by atoms with Crippen molar-refractivity contribution in [2.45, 2.75) is 26.8 Å². The van der Waals surface area contributed by atoms with Crippen LogP contribution in [0.1, 0.15) is 20.8 Å². The molecular weight excluding hydrogens is 314 g/mol. The van der Waals surface area contributed by atoms with E-state index in [0.29, 0.717) is 11.8 Å². The van der Waals surface area contributed by atoms with Crippen LogP contribution in [0.25, 0.3) is 0 Å². The van der Waals surface area contributed by atoms with Gasteiger partial charge in [-0.3, -0.25) is 4.99 Å². The van der Waals surface area contributed by atoms with E-state index in [1.54, 1.807) is 6.07 Å². The predicted molar refractivity (Wildman–Crippen MR) is 106 cm³/mol. The van der Waals surface area contributed by atoms with Gasteiger partial charge in [0.2, 0.25) is 0 Å². The normalized spacial score (nSPS) is 16.0. The van der Waals surface area contributed by atoms with Crippen molar-refractivity contribution in [3.63, 3.8) is 0 Å². The van der Waals surface area contributed by atoms with Gasteiger partial charge in [0.05, 0.1) is 12.2 Å². The van der Waals surface area contributed by atoms with Gasteiger partial charge in [0.25, 0.3) is 0 Å². The summed E-state index contributed by atoms with van der Waals surface area (Å²) in [6.45, 7) is 12.7. The summed E-state index contributed by atoms with van der Waals surface area (Å²) in [5.74, 6) is 1.35. The Morgan fingerprint density at radius 2 is 1.92 bits per heavy atom. The van der Waals surface area contributed by atoms with Crippen LogP contribution >= 0.6 is 0 Å². The number of rotatable bonds is 6. The van der Waals surface area contributed by atoms with Gasteiger partial charge in [0.1, 0.15) is 5.75 Å². The minimum atomic E-state index is 0.355. The second kappa shape index (κ2) is 9.51. The van der Waals surface area contributed by atoms with Gasteiger partial charge in [-0.05, 0) is 40.0 Å². The summed E-state index contributed by atoms with van der Waals surface area (Å²) >= 11 is 0. The quantitative estimate of drug-likeness (QED) is 0.607. The SMILES string of the molecule is CCNC(=NCCN(C)C(C)C)N1CCN(c2ccccc2O)CC1. The van der Waals surface area contributed by atoms with Crippen molar-refractivity contribution in [1.29, 1.82) is 0 Å². The van der Waals surface area contributed by atoms with Crippen molar-refractivity contribution in [2.24, 2.45) is 4.99 Å². The van der Waals surface area contributed by atoms with Gasteiger partial charge >= 0.3 is 0 Å². The zero-order valence-electron chi connectivity index (χ0n) is 16.1. The lowest BCUT2D eigenvalue weighted by molar-refractivity contribution is 0.281. The molecule has 25 heavy (non-hydrogen) atoms. The third kappa shape index (κ3) is 5.53. The van der Waals surface area contributed by atoms with Gasteiger partial charge in [-0.15, -0.1) is 0 Å². The number of phenolic OH excluding ortho intramolecular Hbond substituents is 1. The number of likely N-dealkylation sites (N-methyl/N-ethyl adjacent to an activating group) is 1. The van der Waals surface area contributed by atoms with Crippen LogP contribution in [-0.2, 0) is 0 Å². The third-order valence-corrected chi connectivity index (χ3v) is 4.73. The molecule has 1 saturated heterocycles. The highest BCUT2D eigenvalue weighted by molar-refractivity contribution is 5.80. The number of phenols is 1. The Hall–Kier alpha value is -1.95. The number of nitrogens with zero attached hydrogens (tertiary/aromatic N) is 4. The Morgan fingerprint density at radius 1 is 1.24 bits per heavy atom. The average Bonchev–Trinajstić information content (AvgIpc) is 2.61. The van der Waals surface area contributed by atoms with Crippen molar-refractivity contribution in [3.8, 4) is 5.75 Å². The molecule has 0 unspecified atom stereocenters. The zero-order valence-corrected chi connectivity index (χ0v) is 16.1. The molecule has 2 rings (SSSR count). The van der Waals surface area contributed by atoms with Crippen LogP contribution in [0.2, 0.25) is 0 Å². The summed E-state index contributed by atoms with van der Waals surface area (Å²) in [4.78, 5) is 11.7. The Balaban J connectivity index is 1.92. The smallest absolute Gasteiger partial charge is 0.194 e. The van der Waals surface area contributed by atoms with Crippen molar-refractivity contribution in [1.82, 2.24) is 15.1 Å². The number of guanidine groups is 1. The molecule has 1 aliphatic rings. The molecule has 6 nitrogen and oxygen atoms in total. The highest BCUT2D eigenvalue weighted by Gasteiger charge is 2.21. The number of benzene rings is 1. The number of aliphatic imine (C=N–C) groups is 1. The number of nitrogens with one attached hydrogen (secondary N) is 1. The molecule has 0 aromatic heterocycles. The third-order valence-electron chi connectivity index (χ3n) is 4.73. The summed E-state index contributed by atoms with van der Waals surface area (Å²) in [5, 5.41) is 13.4. The van der Waals surface area contributed by atoms with E-state index in [9.17, 15) is 5.11 Å². The summed E-state index contributed by atoms with van der Waals surface area (Å²) in [6.07, 6.45) is 0. The fourth-order valence-corrected chi connectivity index (χ4v) is 2.89. The second-order valence-corrected chi connectivity index (χ2v) is 6.77.